The number of nitrogens with one attached hydrogen (secondary N) is 1. The van der Waals surface area contributed by atoms with Crippen molar-refractivity contribution in [2.24, 2.45) is 0 Å². The SMILES string of the molecule is C=CCOC(=O)CO[C@H]1O[C@H](COP(=O)(OCc2ccccc2)O[C@H]2O[C@H](COC(C)=O)[C@@H](OC(C)=O)[C@H](OC(C)=O)[C@H]2NC(C)=O)[C@@H](OCc2ccccc2)[C@H](OCc2ccccc2)[C@@H]1OCc1ccccc1. The Morgan fingerprint density at radius 2 is 1.01 bits per heavy atom. The van der Waals surface area contributed by atoms with Crippen LogP contribution in [0.25, 0.3) is 0 Å². The van der Waals surface area contributed by atoms with Gasteiger partial charge in [-0.2, -0.15) is 0 Å². The van der Waals surface area contributed by atoms with Crippen LogP contribution in [0, 0.1) is 0 Å². The Bertz CT molecular complexity index is 2450. The van der Waals surface area contributed by atoms with Gasteiger partial charge < -0.3 is 52.7 Å². The number of hydrogen-bond acceptors (Lipinski definition) is 19. The minimum Gasteiger partial charge on any atom is -0.463 e. The van der Waals surface area contributed by atoms with E-state index in [0.717, 1.165) is 44.4 Å². The third kappa shape index (κ3) is 18.0. The zero-order chi connectivity index (χ0) is 52.9. The van der Waals surface area contributed by atoms with Crippen LogP contribution in [0.1, 0.15) is 49.9 Å². The third-order valence-corrected chi connectivity index (χ3v) is 12.5. The van der Waals surface area contributed by atoms with Crippen LogP contribution >= 0.6 is 7.82 Å². The number of rotatable bonds is 27. The average molecular weight is 1050 g/mol. The summed E-state index contributed by atoms with van der Waals surface area (Å²) in [5.41, 5.74) is 2.90. The van der Waals surface area contributed by atoms with Crippen molar-refractivity contribution in [2.75, 3.05) is 26.4 Å². The molecule has 0 spiro atoms. The van der Waals surface area contributed by atoms with Crippen molar-refractivity contribution in [3.05, 3.63) is 156 Å². The van der Waals surface area contributed by atoms with Gasteiger partial charge in [-0.1, -0.05) is 134 Å². The Hall–Kier alpha value is -6.16. The van der Waals surface area contributed by atoms with Gasteiger partial charge >= 0.3 is 31.7 Å². The highest BCUT2D eigenvalue weighted by Gasteiger charge is 2.55. The van der Waals surface area contributed by atoms with Crippen molar-refractivity contribution in [1.82, 2.24) is 5.32 Å². The topological polar surface area (TPSA) is 234 Å². The molecule has 0 bridgehead atoms. The Kier molecular flexibility index (Phi) is 22.4. The quantitative estimate of drug-likeness (QED) is 0.0302. The second-order valence-electron chi connectivity index (χ2n) is 16.9. The molecule has 398 valence electrons. The molecule has 0 saturated carbocycles. The van der Waals surface area contributed by atoms with E-state index in [9.17, 15) is 24.0 Å². The lowest BCUT2D eigenvalue weighted by molar-refractivity contribution is -0.325. The second kappa shape index (κ2) is 29.1. The van der Waals surface area contributed by atoms with Gasteiger partial charge in [0.05, 0.1) is 33.0 Å². The van der Waals surface area contributed by atoms with Crippen LogP contribution in [0.15, 0.2) is 134 Å². The van der Waals surface area contributed by atoms with Crippen LogP contribution < -0.4 is 5.32 Å². The summed E-state index contributed by atoms with van der Waals surface area (Å²) in [6.45, 7) is 5.85. The second-order valence-corrected chi connectivity index (χ2v) is 18.6. The maximum atomic E-state index is 15.5. The molecule has 2 saturated heterocycles. The minimum absolute atomic E-state index is 0.0130. The van der Waals surface area contributed by atoms with E-state index in [4.69, 9.17) is 60.9 Å². The molecule has 11 atom stereocenters. The molecule has 1 N–H and O–H groups in total. The van der Waals surface area contributed by atoms with Gasteiger partial charge in [0.1, 0.15) is 56.4 Å². The number of hydrogen-bond donors (Lipinski definition) is 1. The van der Waals surface area contributed by atoms with Gasteiger partial charge in [-0.15, -0.1) is 0 Å². The molecule has 2 fully saturated rings. The zero-order valence-electron chi connectivity index (χ0n) is 41.5. The van der Waals surface area contributed by atoms with Crippen LogP contribution in [-0.2, 0) is 116 Å². The molecule has 21 heteroatoms. The highest BCUT2D eigenvalue weighted by Crippen LogP contribution is 2.53. The number of phosphoric ester groups is 1. The molecule has 4 aromatic rings. The molecule has 1 unspecified atom stereocenters. The monoisotopic (exact) mass is 1050 g/mol. The summed E-state index contributed by atoms with van der Waals surface area (Å²) in [6.07, 6.45) is -11.0. The summed E-state index contributed by atoms with van der Waals surface area (Å²) in [6, 6.07) is 35.0. The van der Waals surface area contributed by atoms with E-state index in [0.29, 0.717) is 5.56 Å². The van der Waals surface area contributed by atoms with Crippen molar-refractivity contribution in [2.45, 2.75) is 115 Å². The molecule has 74 heavy (non-hydrogen) atoms. The predicted octanol–water partition coefficient (Wildman–Crippen LogP) is 6.23. The maximum absolute atomic E-state index is 15.5. The lowest BCUT2D eigenvalue weighted by atomic mass is 9.96. The smallest absolute Gasteiger partial charge is 0.463 e. The van der Waals surface area contributed by atoms with Crippen LogP contribution in [-0.4, -0.2) is 118 Å². The summed E-state index contributed by atoms with van der Waals surface area (Å²) < 4.78 is 94.7. The zero-order valence-corrected chi connectivity index (χ0v) is 42.4. The molecule has 0 aliphatic carbocycles. The fraction of sp³-hybridized carbons (Fsp3) is 0.415. The van der Waals surface area contributed by atoms with Crippen LogP contribution in [0.5, 0.6) is 0 Å². The number of ether oxygens (including phenoxy) is 10. The van der Waals surface area contributed by atoms with E-state index in [1.54, 1.807) is 30.3 Å². The van der Waals surface area contributed by atoms with E-state index < -0.39 is 119 Å². The summed E-state index contributed by atoms with van der Waals surface area (Å²) in [7, 11) is -5.06. The van der Waals surface area contributed by atoms with Crippen molar-refractivity contribution < 1.29 is 89.5 Å². The first kappa shape index (κ1) is 57.1. The first-order chi connectivity index (χ1) is 35.7. The van der Waals surface area contributed by atoms with Crippen molar-refractivity contribution in [3.63, 3.8) is 0 Å². The molecule has 1 amide bonds. The van der Waals surface area contributed by atoms with Crippen molar-refractivity contribution >= 4 is 37.6 Å². The standard InChI is InChI=1S/C53H62NO19P/c1-6-27-61-45(59)34-66-53-51(65-30-41-23-15-9-16-24-41)50(64-29-40-21-13-8-14-22-40)47(63-28-39-19-11-7-12-20-39)44(72-53)33-68-74(60,67-31-42-25-17-10-18-26-42)73-52-46(54-35(2)55)49(70-38(5)58)48(69-37(4)57)43(71-52)32-62-36(3)56/h6-26,43-44,46-53H,1,27-34H2,2-5H3,(H,54,55)/t43-,44-,46-,47-,48-,49-,50+,51+,52-,53+,74?/m1/s1. The molecule has 0 aromatic heterocycles. The highest BCUT2D eigenvalue weighted by molar-refractivity contribution is 7.48. The number of carbonyl (C=O) groups excluding carboxylic acids is 5. The lowest BCUT2D eigenvalue weighted by Gasteiger charge is -2.46. The Morgan fingerprint density at radius 3 is 1.51 bits per heavy atom. The summed E-state index contributed by atoms with van der Waals surface area (Å²) >= 11 is 0. The molecule has 20 nitrogen and oxygen atoms in total. The first-order valence-corrected chi connectivity index (χ1v) is 25.2. The molecule has 2 aliphatic heterocycles. The maximum Gasteiger partial charge on any atom is 0.477 e. The number of carbonyl (C=O) groups is 5. The van der Waals surface area contributed by atoms with E-state index in [1.165, 1.54) is 6.08 Å². The third-order valence-electron chi connectivity index (χ3n) is 11.1. The van der Waals surface area contributed by atoms with Crippen molar-refractivity contribution in [3.8, 4) is 0 Å². The van der Waals surface area contributed by atoms with E-state index in [1.807, 2.05) is 91.0 Å². The van der Waals surface area contributed by atoms with Crippen molar-refractivity contribution in [1.29, 1.82) is 0 Å². The Labute approximate surface area is 429 Å². The van der Waals surface area contributed by atoms with Gasteiger partial charge in [0.2, 0.25) is 5.91 Å². The van der Waals surface area contributed by atoms with Gasteiger partial charge in [-0.3, -0.25) is 32.7 Å². The van der Waals surface area contributed by atoms with E-state index in [2.05, 4.69) is 11.9 Å². The largest absolute Gasteiger partial charge is 0.477 e. The highest BCUT2D eigenvalue weighted by atomic mass is 31.2. The van der Waals surface area contributed by atoms with Gasteiger partial charge in [0.15, 0.2) is 24.8 Å². The molecule has 4 aromatic carbocycles. The molecule has 2 aliphatic rings. The number of amides is 1. The van der Waals surface area contributed by atoms with Crippen LogP contribution in [0.3, 0.4) is 0 Å². The fourth-order valence-corrected chi connectivity index (χ4v) is 9.12. The number of benzene rings is 4. The molecular formula is C53H62NO19P. The average Bonchev–Trinajstić information content (AvgIpc) is 3.39. The molecular weight excluding hydrogens is 986 g/mol. The summed E-state index contributed by atoms with van der Waals surface area (Å²) in [4.78, 5) is 63.0. The van der Waals surface area contributed by atoms with Gasteiger partial charge in [-0.05, 0) is 22.3 Å². The van der Waals surface area contributed by atoms with Gasteiger partial charge in [0, 0.05) is 27.7 Å². The minimum atomic E-state index is -5.06. The summed E-state index contributed by atoms with van der Waals surface area (Å²) in [5, 5.41) is 2.59. The van der Waals surface area contributed by atoms with Gasteiger partial charge in [-0.25, -0.2) is 9.36 Å². The van der Waals surface area contributed by atoms with Crippen LogP contribution in [0.4, 0.5) is 0 Å². The van der Waals surface area contributed by atoms with Crippen LogP contribution in [0.2, 0.25) is 0 Å². The van der Waals surface area contributed by atoms with Gasteiger partial charge in [0.25, 0.3) is 0 Å². The molecule has 6 rings (SSSR count). The summed E-state index contributed by atoms with van der Waals surface area (Å²) in [5.74, 6) is -3.88. The number of phosphoric acid groups is 1. The first-order valence-electron chi connectivity index (χ1n) is 23.7. The lowest BCUT2D eigenvalue weighted by Crippen LogP contribution is -2.66. The van der Waals surface area contributed by atoms with E-state index in [-0.39, 0.29) is 33.0 Å². The fourth-order valence-electron chi connectivity index (χ4n) is 7.86. The normalized spacial score (nSPS) is 24.3. The number of esters is 4. The Balaban J connectivity index is 1.41. The molecule has 2 heterocycles. The predicted molar refractivity (Wildman–Crippen MR) is 261 cm³/mol. The molecule has 0 radical (unpaired) electrons. The van der Waals surface area contributed by atoms with E-state index >= 15 is 4.57 Å². The Morgan fingerprint density at radius 1 is 0.541 bits per heavy atom.